The summed E-state index contributed by atoms with van der Waals surface area (Å²) >= 11 is 0. The Kier molecular flexibility index (Phi) is 4.66. The number of aliphatic carboxylic acids is 1. The molecule has 0 aromatic carbocycles. The molecule has 0 spiro atoms. The highest BCUT2D eigenvalue weighted by atomic mass is 16.5. The van der Waals surface area contributed by atoms with Gasteiger partial charge in [-0.25, -0.2) is 0 Å². The monoisotopic (exact) mass is 295 g/mol. The molecule has 2 rings (SSSR count). The summed E-state index contributed by atoms with van der Waals surface area (Å²) < 4.78 is 5.18. The number of carboxylic acids is 1. The van der Waals surface area contributed by atoms with E-state index in [1.807, 2.05) is 20.8 Å². The topological polar surface area (TPSA) is 88.2 Å². The van der Waals surface area contributed by atoms with E-state index in [-0.39, 0.29) is 23.3 Å². The summed E-state index contributed by atoms with van der Waals surface area (Å²) in [6.07, 6.45) is 2.32. The minimum absolute atomic E-state index is 0.231. The van der Waals surface area contributed by atoms with Crippen molar-refractivity contribution >= 4 is 5.97 Å². The zero-order chi connectivity index (χ0) is 15.6. The standard InChI is InChI=1S/C15H25N3O3/c1-5-12-17-13(21-18-12)8-16-11-7-6-10(14(19)20)15(3,4)9(11)2/h9-11,16H,5-8H2,1-4H3,(H,19,20). The molecule has 1 heterocycles. The molecule has 6 nitrogen and oxygen atoms in total. The van der Waals surface area contributed by atoms with Crippen molar-refractivity contribution < 1.29 is 14.4 Å². The zero-order valence-electron chi connectivity index (χ0n) is 13.2. The van der Waals surface area contributed by atoms with E-state index in [2.05, 4.69) is 22.4 Å². The third-order valence-electron chi connectivity index (χ3n) is 5.08. The fraction of sp³-hybridized carbons (Fsp3) is 0.800. The van der Waals surface area contributed by atoms with E-state index in [9.17, 15) is 9.90 Å². The van der Waals surface area contributed by atoms with Crippen molar-refractivity contribution in [1.82, 2.24) is 15.5 Å². The molecule has 0 saturated heterocycles. The van der Waals surface area contributed by atoms with Crippen LogP contribution in [0, 0.1) is 17.3 Å². The van der Waals surface area contributed by atoms with E-state index in [0.29, 0.717) is 18.9 Å². The van der Waals surface area contributed by atoms with Crippen LogP contribution < -0.4 is 5.32 Å². The Hall–Kier alpha value is -1.43. The van der Waals surface area contributed by atoms with Gasteiger partial charge in [0, 0.05) is 12.5 Å². The van der Waals surface area contributed by atoms with Crippen molar-refractivity contribution in [3.05, 3.63) is 11.7 Å². The third kappa shape index (κ3) is 3.26. The van der Waals surface area contributed by atoms with Gasteiger partial charge >= 0.3 is 5.97 Å². The van der Waals surface area contributed by atoms with Crippen molar-refractivity contribution in [3.63, 3.8) is 0 Å². The number of nitrogens with zero attached hydrogens (tertiary/aromatic N) is 2. The van der Waals surface area contributed by atoms with Crippen LogP contribution in [0.25, 0.3) is 0 Å². The summed E-state index contributed by atoms with van der Waals surface area (Å²) in [6, 6.07) is 0.271. The van der Waals surface area contributed by atoms with Crippen LogP contribution >= 0.6 is 0 Å². The molecule has 0 amide bonds. The van der Waals surface area contributed by atoms with Gasteiger partial charge in [0.25, 0.3) is 0 Å². The van der Waals surface area contributed by atoms with Crippen LogP contribution in [0.2, 0.25) is 0 Å². The van der Waals surface area contributed by atoms with Crippen molar-refractivity contribution in [2.45, 2.75) is 59.5 Å². The van der Waals surface area contributed by atoms with Crippen LogP contribution in [0.5, 0.6) is 0 Å². The highest BCUT2D eigenvalue weighted by molar-refractivity contribution is 5.71. The van der Waals surface area contributed by atoms with Crippen LogP contribution in [0.3, 0.4) is 0 Å². The maximum atomic E-state index is 11.4. The van der Waals surface area contributed by atoms with Crippen LogP contribution in [0.4, 0.5) is 0 Å². The zero-order valence-corrected chi connectivity index (χ0v) is 13.2. The molecule has 6 heteroatoms. The molecule has 1 aromatic rings. The first kappa shape index (κ1) is 15.9. The minimum Gasteiger partial charge on any atom is -0.481 e. The minimum atomic E-state index is -0.685. The number of rotatable bonds is 5. The smallest absolute Gasteiger partial charge is 0.307 e. The van der Waals surface area contributed by atoms with E-state index in [4.69, 9.17) is 4.52 Å². The molecule has 3 unspecified atom stereocenters. The summed E-state index contributed by atoms with van der Waals surface area (Å²) in [5.41, 5.74) is -0.231. The lowest BCUT2D eigenvalue weighted by Gasteiger charge is -2.46. The summed E-state index contributed by atoms with van der Waals surface area (Å²) in [6.45, 7) is 8.74. The van der Waals surface area contributed by atoms with Gasteiger partial charge in [-0.05, 0) is 24.2 Å². The second-order valence-corrected chi connectivity index (χ2v) is 6.52. The van der Waals surface area contributed by atoms with E-state index in [1.54, 1.807) is 0 Å². The fourth-order valence-corrected chi connectivity index (χ4v) is 3.25. The second kappa shape index (κ2) is 6.13. The van der Waals surface area contributed by atoms with Crippen molar-refractivity contribution in [2.75, 3.05) is 0 Å². The Bertz CT molecular complexity index is 498. The molecule has 0 aliphatic heterocycles. The predicted molar refractivity (Wildman–Crippen MR) is 77.6 cm³/mol. The van der Waals surface area contributed by atoms with Crippen LogP contribution in [-0.4, -0.2) is 27.3 Å². The molecular weight excluding hydrogens is 270 g/mol. The Labute approximate surface area is 125 Å². The van der Waals surface area contributed by atoms with Gasteiger partial charge in [-0.15, -0.1) is 0 Å². The highest BCUT2D eigenvalue weighted by Gasteiger charge is 2.46. The molecule has 2 N–H and O–H groups in total. The summed E-state index contributed by atoms with van der Waals surface area (Å²) in [4.78, 5) is 15.7. The molecule has 1 aromatic heterocycles. The molecule has 3 atom stereocenters. The van der Waals surface area contributed by atoms with Crippen LogP contribution in [0.15, 0.2) is 4.52 Å². The Balaban J connectivity index is 1.97. The second-order valence-electron chi connectivity index (χ2n) is 6.52. The van der Waals surface area contributed by atoms with Gasteiger partial charge in [-0.1, -0.05) is 32.9 Å². The number of hydrogen-bond acceptors (Lipinski definition) is 5. The first-order chi connectivity index (χ1) is 9.86. The maximum Gasteiger partial charge on any atom is 0.307 e. The molecule has 1 saturated carbocycles. The van der Waals surface area contributed by atoms with Gasteiger partial charge in [-0.3, -0.25) is 4.79 Å². The quantitative estimate of drug-likeness (QED) is 0.866. The molecule has 21 heavy (non-hydrogen) atoms. The molecule has 118 valence electrons. The number of aryl methyl sites for hydroxylation is 1. The maximum absolute atomic E-state index is 11.4. The number of carbonyl (C=O) groups is 1. The van der Waals surface area contributed by atoms with Crippen LogP contribution in [-0.2, 0) is 17.8 Å². The molecular formula is C15H25N3O3. The summed E-state index contributed by atoms with van der Waals surface area (Å²) in [5, 5.41) is 16.7. The SMILES string of the molecule is CCc1noc(CNC2CCC(C(=O)O)C(C)(C)C2C)n1. The van der Waals surface area contributed by atoms with Gasteiger partial charge in [0.05, 0.1) is 12.5 Å². The summed E-state index contributed by atoms with van der Waals surface area (Å²) in [7, 11) is 0. The Morgan fingerprint density at radius 1 is 1.48 bits per heavy atom. The normalized spacial score (nSPS) is 28.5. The lowest BCUT2D eigenvalue weighted by atomic mass is 9.61. The summed E-state index contributed by atoms with van der Waals surface area (Å²) in [5.74, 6) is 0.614. The number of hydrogen-bond donors (Lipinski definition) is 2. The molecule has 1 fully saturated rings. The van der Waals surface area contributed by atoms with E-state index in [1.165, 1.54) is 0 Å². The largest absolute Gasteiger partial charge is 0.481 e. The highest BCUT2D eigenvalue weighted by Crippen LogP contribution is 2.45. The van der Waals surface area contributed by atoms with Gasteiger partial charge in [0.1, 0.15) is 0 Å². The number of nitrogens with one attached hydrogen (secondary N) is 1. The van der Waals surface area contributed by atoms with E-state index >= 15 is 0 Å². The number of aromatic nitrogens is 2. The third-order valence-corrected chi connectivity index (χ3v) is 5.08. The van der Waals surface area contributed by atoms with Gasteiger partial charge in [-0.2, -0.15) is 4.98 Å². The van der Waals surface area contributed by atoms with Crippen molar-refractivity contribution in [3.8, 4) is 0 Å². The average Bonchev–Trinajstić information content (AvgIpc) is 2.88. The van der Waals surface area contributed by atoms with Gasteiger partial charge in [0.2, 0.25) is 5.89 Å². The molecule has 1 aliphatic rings. The molecule has 1 aliphatic carbocycles. The van der Waals surface area contributed by atoms with Gasteiger partial charge < -0.3 is 14.9 Å². The van der Waals surface area contributed by atoms with E-state index < -0.39 is 5.97 Å². The number of carboxylic acid groups (broad SMARTS) is 1. The van der Waals surface area contributed by atoms with E-state index in [0.717, 1.165) is 18.7 Å². The predicted octanol–water partition coefficient (Wildman–Crippen LogP) is 2.25. The fourth-order valence-electron chi connectivity index (χ4n) is 3.25. The van der Waals surface area contributed by atoms with Crippen molar-refractivity contribution in [1.29, 1.82) is 0 Å². The molecule has 0 radical (unpaired) electrons. The lowest BCUT2D eigenvalue weighted by molar-refractivity contribution is -0.150. The average molecular weight is 295 g/mol. The Morgan fingerprint density at radius 2 is 2.19 bits per heavy atom. The van der Waals surface area contributed by atoms with Gasteiger partial charge in [0.15, 0.2) is 5.82 Å². The first-order valence-electron chi connectivity index (χ1n) is 7.63. The first-order valence-corrected chi connectivity index (χ1v) is 7.63. The molecule has 0 bridgehead atoms. The lowest BCUT2D eigenvalue weighted by Crippen LogP contribution is -2.50. The Morgan fingerprint density at radius 3 is 2.76 bits per heavy atom. The van der Waals surface area contributed by atoms with Crippen molar-refractivity contribution in [2.24, 2.45) is 17.3 Å². The van der Waals surface area contributed by atoms with Crippen LogP contribution in [0.1, 0.15) is 52.3 Å².